The molecule has 0 bridgehead atoms. The topological polar surface area (TPSA) is 54.6 Å². The van der Waals surface area contributed by atoms with E-state index in [1.165, 1.54) is 205 Å². The third-order valence-corrected chi connectivity index (χ3v) is 29.9. The van der Waals surface area contributed by atoms with Crippen molar-refractivity contribution >= 4 is 0 Å². The monoisotopic (exact) mass is 1100 g/mol. The first kappa shape index (κ1) is 56.3. The van der Waals surface area contributed by atoms with Gasteiger partial charge in [-0.15, -0.1) is 0 Å². The van der Waals surface area contributed by atoms with Crippen molar-refractivity contribution in [3.05, 3.63) is 0 Å². The molecule has 4 heterocycles. The molecule has 0 aromatic carbocycles. The van der Waals surface area contributed by atoms with Gasteiger partial charge in [-0.1, -0.05) is 103 Å². The summed E-state index contributed by atoms with van der Waals surface area (Å²) in [5.74, 6) is 13.7. The normalized spacial score (nSPS) is 49.4. The van der Waals surface area contributed by atoms with Gasteiger partial charge in [0.15, 0.2) is 0 Å². The average molecular weight is 1100 g/mol. The highest BCUT2D eigenvalue weighted by atomic mass is 15.3. The molecule has 4 saturated heterocycles. The summed E-state index contributed by atoms with van der Waals surface area (Å²) in [6.45, 7) is 0. The maximum atomic E-state index is 4.40. The van der Waals surface area contributed by atoms with Crippen molar-refractivity contribution in [1.29, 1.82) is 0 Å². The molecule has 80 heavy (non-hydrogen) atoms. The molecule has 12 atom stereocenters. The van der Waals surface area contributed by atoms with Crippen molar-refractivity contribution in [2.75, 3.05) is 0 Å². The summed E-state index contributed by atoms with van der Waals surface area (Å²) in [6, 6.07) is 8.67. The minimum Gasteiger partial charge on any atom is -0.299 e. The second-order valence-corrected chi connectivity index (χ2v) is 33.4. The van der Waals surface area contributed by atoms with Crippen molar-refractivity contribution in [2.24, 2.45) is 82.9 Å². The van der Waals surface area contributed by atoms with Crippen molar-refractivity contribution < 1.29 is 0 Å². The Hall–Kier alpha value is -0.240. The van der Waals surface area contributed by atoms with E-state index < -0.39 is 0 Å². The van der Waals surface area contributed by atoms with E-state index in [0.717, 1.165) is 143 Å². The Morgan fingerprint density at radius 2 is 0.463 bits per heavy atom. The van der Waals surface area contributed by atoms with Crippen LogP contribution in [0.2, 0.25) is 0 Å². The summed E-state index contributed by atoms with van der Waals surface area (Å²) in [5.41, 5.74) is 0. The zero-order valence-electron chi connectivity index (χ0n) is 51.8. The minimum atomic E-state index is 0.590. The van der Waals surface area contributed by atoms with E-state index in [9.17, 15) is 0 Å². The maximum Gasteiger partial charge on any atom is 0.0605 e. The number of fused-ring (bicyclic) bond motifs is 7. The fourth-order valence-electron chi connectivity index (χ4n) is 26.1. The summed E-state index contributed by atoms with van der Waals surface area (Å²) in [5, 5.41) is 17.6. The third-order valence-electron chi connectivity index (χ3n) is 29.9. The smallest absolute Gasteiger partial charge is 0.0605 e. The summed E-state index contributed by atoms with van der Waals surface area (Å²) in [4.78, 5) is 6.85. The highest BCUT2D eigenvalue weighted by molar-refractivity contribution is 5.16. The van der Waals surface area contributed by atoms with Crippen LogP contribution in [0, 0.1) is 82.9 Å². The zero-order chi connectivity index (χ0) is 52.9. The Morgan fingerprint density at radius 3 is 0.775 bits per heavy atom. The lowest BCUT2D eigenvalue weighted by molar-refractivity contribution is 0.00666. The zero-order valence-corrected chi connectivity index (χ0v) is 51.8. The molecule has 6 nitrogen and oxygen atoms in total. The van der Waals surface area contributed by atoms with E-state index in [-0.39, 0.29) is 0 Å². The molecular weight excluding hydrogens is 973 g/mol. The van der Waals surface area contributed by atoms with Gasteiger partial charge in [-0.3, -0.25) is 31.1 Å². The summed E-state index contributed by atoms with van der Waals surface area (Å²) < 4.78 is 0. The second-order valence-electron chi connectivity index (χ2n) is 33.4. The molecule has 15 aliphatic rings. The Bertz CT molecular complexity index is 1710. The molecule has 0 aromatic heterocycles. The van der Waals surface area contributed by atoms with Crippen molar-refractivity contribution in [2.45, 2.75) is 381 Å². The number of nitrogens with one attached hydrogen (secondary N) is 4. The van der Waals surface area contributed by atoms with Crippen LogP contribution in [0.1, 0.15) is 308 Å². The lowest BCUT2D eigenvalue weighted by Gasteiger charge is -2.50. The van der Waals surface area contributed by atoms with Crippen LogP contribution < -0.4 is 21.3 Å². The van der Waals surface area contributed by atoms with Crippen LogP contribution in [0.25, 0.3) is 0 Å². The van der Waals surface area contributed by atoms with Crippen LogP contribution >= 0.6 is 0 Å². The number of hydrogen-bond donors (Lipinski definition) is 4. The predicted molar refractivity (Wildman–Crippen MR) is 332 cm³/mol. The molecule has 15 fully saturated rings. The van der Waals surface area contributed by atoms with Gasteiger partial charge in [0.2, 0.25) is 0 Å². The van der Waals surface area contributed by atoms with Crippen LogP contribution in [0.3, 0.4) is 0 Å². The van der Waals surface area contributed by atoms with Crippen LogP contribution in [0.15, 0.2) is 0 Å². The van der Waals surface area contributed by atoms with Gasteiger partial charge in [-0.2, -0.15) is 0 Å². The Balaban J connectivity index is 0.555. The fourth-order valence-corrected chi connectivity index (χ4v) is 26.1. The molecule has 15 rings (SSSR count). The van der Waals surface area contributed by atoms with Crippen molar-refractivity contribution in [1.82, 2.24) is 31.1 Å². The van der Waals surface area contributed by atoms with Gasteiger partial charge in [-0.25, -0.2) is 0 Å². The van der Waals surface area contributed by atoms with E-state index in [0.29, 0.717) is 12.3 Å². The largest absolute Gasteiger partial charge is 0.299 e. The Kier molecular flexibility index (Phi) is 18.2. The molecule has 4 N–H and O–H groups in total. The van der Waals surface area contributed by atoms with Crippen LogP contribution in [-0.2, 0) is 0 Å². The van der Waals surface area contributed by atoms with E-state index in [4.69, 9.17) is 0 Å². The van der Waals surface area contributed by atoms with E-state index in [1.807, 2.05) is 0 Å². The lowest BCUT2D eigenvalue weighted by atomic mass is 9.61. The van der Waals surface area contributed by atoms with Crippen molar-refractivity contribution in [3.8, 4) is 0 Å². The van der Waals surface area contributed by atoms with Crippen LogP contribution in [-0.4, -0.2) is 82.5 Å². The molecule has 0 amide bonds. The predicted octanol–water partition coefficient (Wildman–Crippen LogP) is 16.8. The van der Waals surface area contributed by atoms with Gasteiger partial charge < -0.3 is 0 Å². The third kappa shape index (κ3) is 11.6. The molecule has 11 aliphatic carbocycles. The molecule has 0 radical (unpaired) electrons. The Morgan fingerprint density at radius 1 is 0.200 bits per heavy atom. The SMILES string of the molecule is C1CCC(C2CC(C3CCCCC3)NC(C3CCC(C4CCC(N5C6CCCCC6C6C7C8CCCCC8N(C8CCC(C9CCC(C%10NC(C%11CCCCC%11)CC(C%11CCCCC%11)N%10)CC9)CC8)C7CCC65)CC4)CC3)N2)CC1. The highest BCUT2D eigenvalue weighted by Gasteiger charge is 2.64. The highest BCUT2D eigenvalue weighted by Crippen LogP contribution is 2.62. The standard InChI is InChI=1S/C74H126N6/c1-5-17-53(18-6-1)63-47-64(54-19-7-2-8-20-54)76-73(75-63)57-33-29-49(30-34-57)51-37-41-59(42-38-51)79-67-27-15-13-25-61(67)71-69(79)45-46-70-72(71)62-26-14-16-28-68(62)80(70)60-43-39-52(40-44-60)50-31-35-58(36-32-50)74-77-65(55-21-9-3-10-22-55)48-66(78-74)56-23-11-4-12-24-56/h49-78H,1-48H2. The Labute approximate surface area is 492 Å². The van der Waals surface area contributed by atoms with Gasteiger partial charge in [0.05, 0.1) is 12.3 Å². The van der Waals surface area contributed by atoms with Gasteiger partial charge in [0.25, 0.3) is 0 Å². The molecule has 0 aromatic rings. The number of rotatable bonds is 10. The molecule has 11 saturated carbocycles. The maximum absolute atomic E-state index is 4.40. The summed E-state index contributed by atoms with van der Waals surface area (Å²) >= 11 is 0. The van der Waals surface area contributed by atoms with Crippen LogP contribution in [0.4, 0.5) is 0 Å². The summed E-state index contributed by atoms with van der Waals surface area (Å²) in [7, 11) is 0. The number of nitrogens with zero attached hydrogens (tertiary/aromatic N) is 2. The fraction of sp³-hybridized carbons (Fsp3) is 1.00. The van der Waals surface area contributed by atoms with Gasteiger partial charge >= 0.3 is 0 Å². The molecule has 0 spiro atoms. The average Bonchev–Trinajstić information content (AvgIpc) is 4.25. The van der Waals surface area contributed by atoms with Gasteiger partial charge in [0.1, 0.15) is 0 Å². The first-order chi connectivity index (χ1) is 39.6. The molecule has 4 aliphatic heterocycles. The lowest BCUT2D eigenvalue weighted by Crippen LogP contribution is -2.64. The number of hydrogen-bond acceptors (Lipinski definition) is 6. The number of likely N-dealkylation sites (tertiary alicyclic amines) is 2. The molecule has 12 unspecified atom stereocenters. The first-order valence-electron chi connectivity index (χ1n) is 38.2. The van der Waals surface area contributed by atoms with E-state index >= 15 is 0 Å². The first-order valence-corrected chi connectivity index (χ1v) is 38.2. The molecule has 452 valence electrons. The summed E-state index contributed by atoms with van der Waals surface area (Å²) in [6.07, 6.45) is 73.9. The van der Waals surface area contributed by atoms with Crippen molar-refractivity contribution in [3.63, 3.8) is 0 Å². The second kappa shape index (κ2) is 25.8. The minimum absolute atomic E-state index is 0.590. The van der Waals surface area contributed by atoms with Gasteiger partial charge in [0, 0.05) is 60.4 Å². The molecular formula is C74H126N6. The van der Waals surface area contributed by atoms with Gasteiger partial charge in [-0.05, 0) is 288 Å². The van der Waals surface area contributed by atoms with E-state index in [1.54, 1.807) is 103 Å². The van der Waals surface area contributed by atoms with E-state index in [2.05, 4.69) is 31.1 Å². The quantitative estimate of drug-likeness (QED) is 0.175. The van der Waals surface area contributed by atoms with Crippen LogP contribution in [0.5, 0.6) is 0 Å². The molecule has 6 heteroatoms.